The third-order valence-electron chi connectivity index (χ3n) is 3.47. The molecule has 2 rings (SSSR count). The molecule has 1 aliphatic rings. The largest absolute Gasteiger partial charge is 0.310 e. The number of nitrogens with zero attached hydrogens (tertiary/aromatic N) is 1. The zero-order valence-corrected chi connectivity index (χ0v) is 11.4. The molecule has 1 heterocycles. The third kappa shape index (κ3) is 3.44. The van der Waals surface area contributed by atoms with E-state index in [1.807, 2.05) is 18.2 Å². The zero-order valence-electron chi connectivity index (χ0n) is 10.7. The van der Waals surface area contributed by atoms with Gasteiger partial charge in [0.2, 0.25) is 0 Å². The minimum Gasteiger partial charge on any atom is -0.310 e. The summed E-state index contributed by atoms with van der Waals surface area (Å²) >= 11 is 6.18. The fourth-order valence-electron chi connectivity index (χ4n) is 2.66. The lowest BCUT2D eigenvalue weighted by Gasteiger charge is -2.30. The molecule has 0 saturated carbocycles. The highest BCUT2D eigenvalue weighted by Crippen LogP contribution is 2.21. The van der Waals surface area contributed by atoms with Crippen LogP contribution in [0.4, 0.5) is 0 Å². The summed E-state index contributed by atoms with van der Waals surface area (Å²) in [5.74, 6) is 0. The molecule has 0 spiro atoms. The lowest BCUT2D eigenvalue weighted by atomic mass is 9.99. The van der Waals surface area contributed by atoms with Crippen LogP contribution in [0.2, 0.25) is 5.02 Å². The van der Waals surface area contributed by atoms with Gasteiger partial charge in [0, 0.05) is 23.7 Å². The molecular weight excluding hydrogens is 232 g/mol. The Morgan fingerprint density at radius 3 is 2.82 bits per heavy atom. The smallest absolute Gasteiger partial charge is 0.0451 e. The van der Waals surface area contributed by atoms with E-state index in [4.69, 9.17) is 11.6 Å². The molecule has 94 valence electrons. The summed E-state index contributed by atoms with van der Waals surface area (Å²) in [7, 11) is 2.16. The number of benzene rings is 1. The summed E-state index contributed by atoms with van der Waals surface area (Å²) in [4.78, 5) is 2.35. The summed E-state index contributed by atoms with van der Waals surface area (Å²) in [6.07, 6.45) is 2.55. The molecular formula is C14H21ClN2. The van der Waals surface area contributed by atoms with E-state index in [9.17, 15) is 0 Å². The van der Waals surface area contributed by atoms with Crippen LogP contribution in [0.1, 0.15) is 25.3 Å². The molecule has 3 heteroatoms. The van der Waals surface area contributed by atoms with Gasteiger partial charge in [0.25, 0.3) is 0 Å². The summed E-state index contributed by atoms with van der Waals surface area (Å²) < 4.78 is 0. The average Bonchev–Trinajstić information content (AvgIpc) is 2.68. The molecule has 0 aliphatic carbocycles. The van der Waals surface area contributed by atoms with E-state index in [0.29, 0.717) is 0 Å². The van der Waals surface area contributed by atoms with E-state index in [1.54, 1.807) is 0 Å². The fraction of sp³-hybridized carbons (Fsp3) is 0.571. The van der Waals surface area contributed by atoms with Crippen molar-refractivity contribution in [2.24, 2.45) is 0 Å². The van der Waals surface area contributed by atoms with E-state index in [1.165, 1.54) is 18.4 Å². The second-order valence-electron chi connectivity index (χ2n) is 5.35. The van der Waals surface area contributed by atoms with Crippen molar-refractivity contribution in [1.29, 1.82) is 0 Å². The molecule has 17 heavy (non-hydrogen) atoms. The zero-order chi connectivity index (χ0) is 12.3. The molecule has 1 aromatic rings. The van der Waals surface area contributed by atoms with Gasteiger partial charge in [-0.3, -0.25) is 0 Å². The Labute approximate surface area is 109 Å². The van der Waals surface area contributed by atoms with Crippen molar-refractivity contribution >= 4 is 11.6 Å². The van der Waals surface area contributed by atoms with Crippen LogP contribution in [-0.2, 0) is 6.54 Å². The minimum atomic E-state index is 0.274. The average molecular weight is 253 g/mol. The molecule has 0 amide bonds. The summed E-state index contributed by atoms with van der Waals surface area (Å²) in [5, 5.41) is 4.45. The Balaban J connectivity index is 1.93. The molecule has 2 nitrogen and oxygen atoms in total. The van der Waals surface area contributed by atoms with Crippen molar-refractivity contribution in [3.8, 4) is 0 Å². The number of halogens is 1. The van der Waals surface area contributed by atoms with Gasteiger partial charge in [0.15, 0.2) is 0 Å². The highest BCUT2D eigenvalue weighted by atomic mass is 35.5. The van der Waals surface area contributed by atoms with Crippen LogP contribution in [-0.4, -0.2) is 30.6 Å². The van der Waals surface area contributed by atoms with Gasteiger partial charge in [0.05, 0.1) is 0 Å². The maximum atomic E-state index is 6.18. The Kier molecular flexibility index (Phi) is 4.08. The summed E-state index contributed by atoms with van der Waals surface area (Å²) in [6, 6.07) is 8.08. The van der Waals surface area contributed by atoms with Crippen LogP contribution in [0.5, 0.6) is 0 Å². The molecule has 1 aliphatic heterocycles. The molecule has 0 bridgehead atoms. The fourth-order valence-corrected chi connectivity index (χ4v) is 2.86. The second kappa shape index (κ2) is 5.38. The predicted molar refractivity (Wildman–Crippen MR) is 73.4 cm³/mol. The third-order valence-corrected chi connectivity index (χ3v) is 3.84. The van der Waals surface area contributed by atoms with Gasteiger partial charge in [-0.15, -0.1) is 0 Å². The highest BCUT2D eigenvalue weighted by Gasteiger charge is 2.29. The molecule has 1 N–H and O–H groups in total. The van der Waals surface area contributed by atoms with Crippen LogP contribution < -0.4 is 5.32 Å². The molecule has 1 saturated heterocycles. The first-order valence-corrected chi connectivity index (χ1v) is 6.64. The van der Waals surface area contributed by atoms with Crippen molar-refractivity contribution in [3.63, 3.8) is 0 Å². The Bertz CT molecular complexity index is 372. The first-order valence-electron chi connectivity index (χ1n) is 6.26. The van der Waals surface area contributed by atoms with E-state index < -0.39 is 0 Å². The lowest BCUT2D eigenvalue weighted by Crippen LogP contribution is -2.46. The lowest BCUT2D eigenvalue weighted by molar-refractivity contribution is 0.234. The van der Waals surface area contributed by atoms with Gasteiger partial charge in [-0.1, -0.05) is 29.8 Å². The van der Waals surface area contributed by atoms with Crippen molar-refractivity contribution in [2.75, 3.05) is 20.1 Å². The Morgan fingerprint density at radius 2 is 2.18 bits per heavy atom. The monoisotopic (exact) mass is 252 g/mol. The summed E-state index contributed by atoms with van der Waals surface area (Å²) in [5.41, 5.74) is 1.48. The van der Waals surface area contributed by atoms with Crippen LogP contribution in [0.3, 0.4) is 0 Å². The van der Waals surface area contributed by atoms with Crippen LogP contribution in [0.15, 0.2) is 24.3 Å². The van der Waals surface area contributed by atoms with E-state index >= 15 is 0 Å². The maximum Gasteiger partial charge on any atom is 0.0451 e. The van der Waals surface area contributed by atoms with Crippen molar-refractivity contribution < 1.29 is 0 Å². The summed E-state index contributed by atoms with van der Waals surface area (Å²) in [6.45, 7) is 5.44. The van der Waals surface area contributed by atoms with Crippen molar-refractivity contribution in [1.82, 2.24) is 10.2 Å². The molecule has 0 radical (unpaired) electrons. The number of likely N-dealkylation sites (N-methyl/N-ethyl adjacent to an activating group) is 1. The number of rotatable bonds is 4. The van der Waals surface area contributed by atoms with E-state index in [-0.39, 0.29) is 5.54 Å². The van der Waals surface area contributed by atoms with Crippen molar-refractivity contribution in [3.05, 3.63) is 34.9 Å². The number of hydrogen-bond donors (Lipinski definition) is 1. The van der Waals surface area contributed by atoms with Crippen LogP contribution >= 0.6 is 11.6 Å². The van der Waals surface area contributed by atoms with Gasteiger partial charge in [-0.05, 0) is 45.0 Å². The molecule has 1 unspecified atom stereocenters. The first-order chi connectivity index (χ1) is 8.09. The maximum absolute atomic E-state index is 6.18. The molecule has 0 aromatic heterocycles. The Hall–Kier alpha value is -0.570. The molecule has 1 atom stereocenters. The van der Waals surface area contributed by atoms with Crippen LogP contribution in [0, 0.1) is 0 Å². The van der Waals surface area contributed by atoms with Crippen LogP contribution in [0.25, 0.3) is 0 Å². The van der Waals surface area contributed by atoms with E-state index in [2.05, 4.69) is 30.3 Å². The minimum absolute atomic E-state index is 0.274. The first kappa shape index (κ1) is 12.9. The van der Waals surface area contributed by atoms with Crippen molar-refractivity contribution in [2.45, 2.75) is 31.8 Å². The van der Waals surface area contributed by atoms with Gasteiger partial charge in [-0.25, -0.2) is 0 Å². The van der Waals surface area contributed by atoms with Gasteiger partial charge in [-0.2, -0.15) is 0 Å². The number of hydrogen-bond acceptors (Lipinski definition) is 2. The standard InChI is InChI=1S/C14H21ClN2/c1-14(8-5-9-16-14)11-17(2)10-12-6-3-4-7-13(12)15/h3-4,6-7,16H,5,8-11H2,1-2H3. The highest BCUT2D eigenvalue weighted by molar-refractivity contribution is 6.31. The molecule has 1 fully saturated rings. The van der Waals surface area contributed by atoms with Gasteiger partial charge in [0.1, 0.15) is 0 Å². The predicted octanol–water partition coefficient (Wildman–Crippen LogP) is 2.91. The normalized spacial score (nSPS) is 24.5. The Morgan fingerprint density at radius 1 is 1.41 bits per heavy atom. The number of nitrogens with one attached hydrogen (secondary N) is 1. The molecule has 1 aromatic carbocycles. The topological polar surface area (TPSA) is 15.3 Å². The van der Waals surface area contributed by atoms with E-state index in [0.717, 1.165) is 24.7 Å². The second-order valence-corrected chi connectivity index (χ2v) is 5.76. The van der Waals surface area contributed by atoms with Gasteiger partial charge < -0.3 is 10.2 Å². The van der Waals surface area contributed by atoms with Gasteiger partial charge >= 0.3 is 0 Å². The SMILES string of the molecule is CN(Cc1ccccc1Cl)CC1(C)CCCN1. The quantitative estimate of drug-likeness (QED) is 0.887.